The van der Waals surface area contributed by atoms with Crippen molar-refractivity contribution in [3.8, 4) is 0 Å². The highest BCUT2D eigenvalue weighted by molar-refractivity contribution is 6.07. The molecule has 2 aliphatic rings. The SMILES string of the molecule is O=C1CCC(=O)N1C1CC(=O)[NH+](O)C1=O. The summed E-state index contributed by atoms with van der Waals surface area (Å²) in [4.78, 5) is 45.7. The number of nitrogens with zero attached hydrogens (tertiary/aromatic N) is 1. The highest BCUT2D eigenvalue weighted by Gasteiger charge is 2.52. The molecule has 0 aromatic carbocycles. The molecule has 2 N–H and O–H groups in total. The number of carbonyl (C=O) groups excluding carboxylic acids is 4. The van der Waals surface area contributed by atoms with E-state index < -0.39 is 34.7 Å². The molecule has 2 saturated heterocycles. The summed E-state index contributed by atoms with van der Waals surface area (Å²) in [6.45, 7) is 0. The van der Waals surface area contributed by atoms with Crippen LogP contribution in [0, 0.1) is 0 Å². The van der Waals surface area contributed by atoms with E-state index in [1.54, 1.807) is 0 Å². The third-order valence-corrected chi connectivity index (χ3v) is 2.58. The third-order valence-electron chi connectivity index (χ3n) is 2.58. The summed E-state index contributed by atoms with van der Waals surface area (Å²) in [5.74, 6) is -2.46. The molecule has 2 heterocycles. The monoisotopic (exact) mass is 213 g/mol. The Balaban J connectivity index is 2.25. The van der Waals surface area contributed by atoms with Crippen molar-refractivity contribution in [2.75, 3.05) is 0 Å². The molecule has 2 rings (SSSR count). The van der Waals surface area contributed by atoms with Crippen molar-refractivity contribution in [2.45, 2.75) is 25.3 Å². The Morgan fingerprint density at radius 1 is 1.13 bits per heavy atom. The maximum atomic E-state index is 11.3. The van der Waals surface area contributed by atoms with Gasteiger partial charge in [0.15, 0.2) is 6.04 Å². The van der Waals surface area contributed by atoms with Gasteiger partial charge in [0.1, 0.15) is 6.42 Å². The summed E-state index contributed by atoms with van der Waals surface area (Å²) in [6.07, 6.45) is -0.155. The van der Waals surface area contributed by atoms with Crippen molar-refractivity contribution >= 4 is 23.6 Å². The second-order valence-electron chi connectivity index (χ2n) is 3.51. The van der Waals surface area contributed by atoms with Gasteiger partial charge in [0.05, 0.1) is 0 Å². The van der Waals surface area contributed by atoms with E-state index in [1.165, 1.54) is 0 Å². The molecule has 2 atom stereocenters. The van der Waals surface area contributed by atoms with Crippen LogP contribution in [-0.4, -0.2) is 39.8 Å². The van der Waals surface area contributed by atoms with Gasteiger partial charge in [0, 0.05) is 12.8 Å². The number of imide groups is 2. The summed E-state index contributed by atoms with van der Waals surface area (Å²) in [6, 6.07) is -1.11. The Morgan fingerprint density at radius 2 is 1.67 bits per heavy atom. The van der Waals surface area contributed by atoms with E-state index in [9.17, 15) is 19.2 Å². The first-order valence-electron chi connectivity index (χ1n) is 4.50. The van der Waals surface area contributed by atoms with Crippen LogP contribution in [0.2, 0.25) is 0 Å². The molecule has 4 amide bonds. The Kier molecular flexibility index (Phi) is 2.13. The highest BCUT2D eigenvalue weighted by Crippen LogP contribution is 2.18. The average molecular weight is 213 g/mol. The van der Waals surface area contributed by atoms with Crippen LogP contribution in [0.4, 0.5) is 0 Å². The van der Waals surface area contributed by atoms with E-state index in [0.717, 1.165) is 4.90 Å². The van der Waals surface area contributed by atoms with Gasteiger partial charge in [-0.25, -0.2) is 14.8 Å². The van der Waals surface area contributed by atoms with E-state index in [0.29, 0.717) is 0 Å². The number of likely N-dealkylation sites (tertiary alicyclic amines) is 1. The minimum Gasteiger partial charge on any atom is -0.274 e. The van der Waals surface area contributed by atoms with Crippen LogP contribution in [0.5, 0.6) is 0 Å². The minimum atomic E-state index is -1.11. The fourth-order valence-electron chi connectivity index (χ4n) is 1.81. The lowest BCUT2D eigenvalue weighted by Gasteiger charge is -2.16. The van der Waals surface area contributed by atoms with Crippen molar-refractivity contribution in [2.24, 2.45) is 0 Å². The fraction of sp³-hybridized carbons (Fsp3) is 0.500. The van der Waals surface area contributed by atoms with Gasteiger partial charge in [-0.05, 0) is 0 Å². The van der Waals surface area contributed by atoms with Gasteiger partial charge in [-0.2, -0.15) is 0 Å². The van der Waals surface area contributed by atoms with Gasteiger partial charge in [-0.1, -0.05) is 5.06 Å². The van der Waals surface area contributed by atoms with Crippen molar-refractivity contribution in [3.63, 3.8) is 0 Å². The predicted molar refractivity (Wildman–Crippen MR) is 42.3 cm³/mol. The van der Waals surface area contributed by atoms with Gasteiger partial charge >= 0.3 is 11.8 Å². The van der Waals surface area contributed by atoms with Gasteiger partial charge in [0.25, 0.3) is 0 Å². The largest absolute Gasteiger partial charge is 0.375 e. The molecule has 0 aliphatic carbocycles. The zero-order valence-corrected chi connectivity index (χ0v) is 7.73. The van der Waals surface area contributed by atoms with Gasteiger partial charge in [-0.3, -0.25) is 14.5 Å². The van der Waals surface area contributed by atoms with Crippen molar-refractivity contribution < 1.29 is 29.4 Å². The van der Waals surface area contributed by atoms with Gasteiger partial charge in [0.2, 0.25) is 11.8 Å². The number of nitrogens with one attached hydrogen (secondary N) is 1. The van der Waals surface area contributed by atoms with Crippen LogP contribution in [0.15, 0.2) is 0 Å². The van der Waals surface area contributed by atoms with Crippen molar-refractivity contribution in [3.05, 3.63) is 0 Å². The summed E-state index contributed by atoms with van der Waals surface area (Å²) in [5.41, 5.74) is 0. The zero-order chi connectivity index (χ0) is 11.2. The molecular weight excluding hydrogens is 204 g/mol. The number of hydrogen-bond acceptors (Lipinski definition) is 5. The van der Waals surface area contributed by atoms with Crippen LogP contribution in [0.1, 0.15) is 19.3 Å². The molecule has 2 aliphatic heterocycles. The standard InChI is InChI=1S/C8H8N2O5/c11-5-1-2-6(12)9(5)4-3-7(13)10(15)8(4)14/h4,15H,1-3H2/p+1. The summed E-state index contributed by atoms with van der Waals surface area (Å²) in [5, 5.41) is 8.18. The number of quaternary nitrogens is 1. The third kappa shape index (κ3) is 1.36. The second kappa shape index (κ2) is 3.21. The number of amides is 4. The van der Waals surface area contributed by atoms with Crippen molar-refractivity contribution in [1.29, 1.82) is 0 Å². The molecule has 80 valence electrons. The topological polar surface area (TPSA) is 96.2 Å². The van der Waals surface area contributed by atoms with E-state index in [1.807, 2.05) is 0 Å². The molecule has 0 radical (unpaired) electrons. The molecule has 0 aromatic rings. The summed E-state index contributed by atoms with van der Waals surface area (Å²) in [7, 11) is 0. The maximum absolute atomic E-state index is 11.3. The Morgan fingerprint density at radius 3 is 2.07 bits per heavy atom. The van der Waals surface area contributed by atoms with Crippen LogP contribution in [-0.2, 0) is 19.2 Å². The quantitative estimate of drug-likeness (QED) is 0.363. The van der Waals surface area contributed by atoms with Crippen LogP contribution in [0.25, 0.3) is 0 Å². The molecular formula is C8H9N2O5+. The zero-order valence-electron chi connectivity index (χ0n) is 7.73. The van der Waals surface area contributed by atoms with Crippen LogP contribution >= 0.6 is 0 Å². The Bertz CT molecular complexity index is 361. The molecule has 0 aromatic heterocycles. The van der Waals surface area contributed by atoms with Gasteiger partial charge < -0.3 is 0 Å². The molecule has 2 unspecified atom stereocenters. The highest BCUT2D eigenvalue weighted by atomic mass is 16.5. The number of hydrogen-bond donors (Lipinski definition) is 2. The minimum absolute atomic E-state index is 0.0670. The van der Waals surface area contributed by atoms with E-state index >= 15 is 0 Å². The molecule has 0 bridgehead atoms. The van der Waals surface area contributed by atoms with E-state index in [-0.39, 0.29) is 19.3 Å². The number of hydroxylamine groups is 2. The lowest BCUT2D eigenvalue weighted by molar-refractivity contribution is -0.948. The molecule has 0 saturated carbocycles. The number of rotatable bonds is 1. The second-order valence-corrected chi connectivity index (χ2v) is 3.51. The summed E-state index contributed by atoms with van der Waals surface area (Å²) >= 11 is 0. The average Bonchev–Trinajstić information content (AvgIpc) is 2.63. The molecule has 7 heteroatoms. The summed E-state index contributed by atoms with van der Waals surface area (Å²) < 4.78 is 0. The smallest absolute Gasteiger partial charge is 0.274 e. The molecule has 15 heavy (non-hydrogen) atoms. The lowest BCUT2D eigenvalue weighted by atomic mass is 10.2. The van der Waals surface area contributed by atoms with Crippen LogP contribution in [0.3, 0.4) is 0 Å². The Labute approximate surface area is 84.2 Å². The van der Waals surface area contributed by atoms with Gasteiger partial charge in [-0.15, -0.1) is 0 Å². The first-order chi connectivity index (χ1) is 7.02. The van der Waals surface area contributed by atoms with E-state index in [2.05, 4.69) is 0 Å². The van der Waals surface area contributed by atoms with Crippen molar-refractivity contribution in [1.82, 2.24) is 4.90 Å². The maximum Gasteiger partial charge on any atom is 0.375 e. The van der Waals surface area contributed by atoms with E-state index in [4.69, 9.17) is 5.21 Å². The number of carbonyl (C=O) groups is 4. The predicted octanol–water partition coefficient (Wildman–Crippen LogP) is -2.76. The lowest BCUT2D eigenvalue weighted by Crippen LogP contribution is -3.13. The van der Waals surface area contributed by atoms with Crippen LogP contribution < -0.4 is 5.06 Å². The molecule has 7 nitrogen and oxygen atoms in total. The molecule has 2 fully saturated rings. The first kappa shape index (κ1) is 9.94. The molecule has 0 spiro atoms. The Hall–Kier alpha value is -1.60. The normalized spacial score (nSPS) is 31.9. The fourth-order valence-corrected chi connectivity index (χ4v) is 1.81. The first-order valence-corrected chi connectivity index (χ1v) is 4.50.